The maximum Gasteiger partial charge on any atom is 0.225 e. The first-order valence-corrected chi connectivity index (χ1v) is 7.51. The molecular formula is C16H29NO. The predicted molar refractivity (Wildman–Crippen MR) is 75.2 cm³/mol. The third-order valence-corrected chi connectivity index (χ3v) is 6.17. The molecule has 2 unspecified atom stereocenters. The van der Waals surface area contributed by atoms with Crippen molar-refractivity contribution in [2.45, 2.75) is 66.8 Å². The summed E-state index contributed by atoms with van der Waals surface area (Å²) in [6.45, 7) is 13.3. The van der Waals surface area contributed by atoms with Crippen molar-refractivity contribution in [1.82, 2.24) is 5.32 Å². The Hall–Kier alpha value is -0.530. The minimum atomic E-state index is -0.225. The van der Waals surface area contributed by atoms with Crippen LogP contribution in [0, 0.1) is 28.6 Å². The maximum atomic E-state index is 12.3. The second-order valence-electron chi connectivity index (χ2n) is 7.77. The first-order valence-electron chi connectivity index (χ1n) is 7.51. The lowest BCUT2D eigenvalue weighted by molar-refractivity contribution is -0.140. The van der Waals surface area contributed by atoms with Crippen LogP contribution in [0.4, 0.5) is 0 Å². The molecular weight excluding hydrogens is 222 g/mol. The molecule has 2 bridgehead atoms. The van der Waals surface area contributed by atoms with Gasteiger partial charge in [-0.2, -0.15) is 0 Å². The van der Waals surface area contributed by atoms with Gasteiger partial charge < -0.3 is 5.32 Å². The summed E-state index contributed by atoms with van der Waals surface area (Å²) in [5.41, 5.74) is 0.276. The number of rotatable bonds is 3. The molecule has 3 rings (SSSR count). The minimum Gasteiger partial charge on any atom is -0.353 e. The number of nitrogens with one attached hydrogen (secondary N) is 1. The van der Waals surface area contributed by atoms with Gasteiger partial charge in [0, 0.05) is 11.5 Å². The van der Waals surface area contributed by atoms with Crippen molar-refractivity contribution in [1.29, 1.82) is 0 Å². The highest BCUT2D eigenvalue weighted by atomic mass is 16.2. The molecule has 3 aliphatic carbocycles. The third kappa shape index (κ3) is 1.98. The van der Waals surface area contributed by atoms with Crippen LogP contribution in [0.15, 0.2) is 0 Å². The Bertz CT molecular complexity index is 345. The van der Waals surface area contributed by atoms with Gasteiger partial charge in [0.15, 0.2) is 0 Å². The van der Waals surface area contributed by atoms with Gasteiger partial charge in [0.05, 0.1) is 0 Å². The molecule has 0 aromatic rings. The van der Waals surface area contributed by atoms with Crippen molar-refractivity contribution in [3.05, 3.63) is 0 Å². The molecule has 3 saturated carbocycles. The fourth-order valence-electron chi connectivity index (χ4n) is 3.86. The highest BCUT2D eigenvalue weighted by Gasteiger charge is 2.56. The molecule has 3 aliphatic rings. The third-order valence-electron chi connectivity index (χ3n) is 6.17. The van der Waals surface area contributed by atoms with Gasteiger partial charge in [-0.15, -0.1) is 0 Å². The molecule has 1 N–H and O–H groups in total. The van der Waals surface area contributed by atoms with Crippen LogP contribution in [-0.4, -0.2) is 11.9 Å². The summed E-state index contributed by atoms with van der Waals surface area (Å²) < 4.78 is 0. The molecule has 0 radical (unpaired) electrons. The van der Waals surface area contributed by atoms with E-state index in [9.17, 15) is 4.79 Å². The van der Waals surface area contributed by atoms with E-state index in [0.29, 0.717) is 17.4 Å². The van der Waals surface area contributed by atoms with E-state index in [4.69, 9.17) is 0 Å². The molecule has 2 nitrogen and oxygen atoms in total. The Kier molecular flexibility index (Phi) is 3.28. The van der Waals surface area contributed by atoms with Crippen LogP contribution in [0.5, 0.6) is 0 Å². The highest BCUT2D eigenvalue weighted by Crippen LogP contribution is 2.61. The highest BCUT2D eigenvalue weighted by molar-refractivity contribution is 5.82. The van der Waals surface area contributed by atoms with Crippen molar-refractivity contribution in [2.24, 2.45) is 28.6 Å². The van der Waals surface area contributed by atoms with E-state index in [1.807, 2.05) is 13.8 Å². The molecule has 104 valence electrons. The van der Waals surface area contributed by atoms with Gasteiger partial charge in [-0.1, -0.05) is 41.5 Å². The molecule has 3 fully saturated rings. The fourth-order valence-corrected chi connectivity index (χ4v) is 3.86. The number of carbonyl (C=O) groups is 1. The van der Waals surface area contributed by atoms with Gasteiger partial charge in [0.1, 0.15) is 0 Å². The van der Waals surface area contributed by atoms with Crippen LogP contribution in [0.1, 0.15) is 60.8 Å². The number of amides is 1. The van der Waals surface area contributed by atoms with Gasteiger partial charge in [-0.25, -0.2) is 0 Å². The van der Waals surface area contributed by atoms with Gasteiger partial charge >= 0.3 is 0 Å². The lowest BCUT2D eigenvalue weighted by Crippen LogP contribution is -2.61. The monoisotopic (exact) mass is 251 g/mol. The first kappa shape index (κ1) is 13.9. The van der Waals surface area contributed by atoms with E-state index < -0.39 is 0 Å². The fraction of sp³-hybridized carbons (Fsp3) is 0.938. The van der Waals surface area contributed by atoms with Crippen LogP contribution < -0.4 is 5.32 Å². The topological polar surface area (TPSA) is 29.1 Å². The zero-order valence-electron chi connectivity index (χ0n) is 12.8. The average Bonchev–Trinajstić information content (AvgIpc) is 2.30. The summed E-state index contributed by atoms with van der Waals surface area (Å²) >= 11 is 0. The van der Waals surface area contributed by atoms with Crippen molar-refractivity contribution in [3.8, 4) is 0 Å². The summed E-state index contributed by atoms with van der Waals surface area (Å²) in [5, 5.41) is 3.32. The van der Waals surface area contributed by atoms with E-state index in [-0.39, 0.29) is 11.3 Å². The second kappa shape index (κ2) is 4.25. The van der Waals surface area contributed by atoms with Crippen molar-refractivity contribution >= 4 is 5.91 Å². The number of hydrogen-bond acceptors (Lipinski definition) is 1. The predicted octanol–water partition coefficient (Wildman–Crippen LogP) is 3.61. The Morgan fingerprint density at radius 2 is 1.94 bits per heavy atom. The maximum absolute atomic E-state index is 12.3. The largest absolute Gasteiger partial charge is 0.353 e. The Morgan fingerprint density at radius 3 is 2.39 bits per heavy atom. The van der Waals surface area contributed by atoms with Crippen LogP contribution in [0.25, 0.3) is 0 Å². The quantitative estimate of drug-likeness (QED) is 0.815. The minimum absolute atomic E-state index is 0.225. The summed E-state index contributed by atoms with van der Waals surface area (Å²) in [4.78, 5) is 12.3. The summed E-state index contributed by atoms with van der Waals surface area (Å²) in [6.07, 6.45) is 3.45. The van der Waals surface area contributed by atoms with Gasteiger partial charge in [-0.05, 0) is 42.4 Å². The Morgan fingerprint density at radius 1 is 1.33 bits per heavy atom. The standard InChI is InChI=1S/C16H29NO/c1-7-15(3,4)14(18)17-13-9-11-8-12(10(13)2)16(11,5)6/h10-13H,7-9H2,1-6H3,(H,17,18)/t10?,11-,12?,13-/m1/s1. The summed E-state index contributed by atoms with van der Waals surface area (Å²) in [7, 11) is 0. The van der Waals surface area contributed by atoms with Crippen molar-refractivity contribution in [2.75, 3.05) is 0 Å². The summed E-state index contributed by atoms with van der Waals surface area (Å²) in [6, 6.07) is 0.403. The molecule has 0 aliphatic heterocycles. The summed E-state index contributed by atoms with van der Waals surface area (Å²) in [5.74, 6) is 2.47. The molecule has 0 spiro atoms. The van der Waals surface area contributed by atoms with Gasteiger partial charge in [-0.3, -0.25) is 4.79 Å². The van der Waals surface area contributed by atoms with Crippen LogP contribution in [0.3, 0.4) is 0 Å². The van der Waals surface area contributed by atoms with Crippen LogP contribution in [-0.2, 0) is 4.79 Å². The molecule has 0 aromatic carbocycles. The number of hydrogen-bond donors (Lipinski definition) is 1. The molecule has 18 heavy (non-hydrogen) atoms. The van der Waals surface area contributed by atoms with Crippen LogP contribution >= 0.6 is 0 Å². The van der Waals surface area contributed by atoms with Gasteiger partial charge in [0.25, 0.3) is 0 Å². The van der Waals surface area contributed by atoms with Crippen molar-refractivity contribution < 1.29 is 4.79 Å². The SMILES string of the molecule is CCC(C)(C)C(=O)N[C@@H]1C[C@H]2CC(C1C)C2(C)C. The average molecular weight is 251 g/mol. The smallest absolute Gasteiger partial charge is 0.225 e. The van der Waals surface area contributed by atoms with Gasteiger partial charge in [0.2, 0.25) is 5.91 Å². The van der Waals surface area contributed by atoms with E-state index in [1.54, 1.807) is 0 Å². The van der Waals surface area contributed by atoms with Crippen molar-refractivity contribution in [3.63, 3.8) is 0 Å². The molecule has 4 atom stereocenters. The zero-order valence-corrected chi connectivity index (χ0v) is 12.8. The number of fused-ring (bicyclic) bond motifs is 2. The van der Waals surface area contributed by atoms with E-state index >= 15 is 0 Å². The van der Waals surface area contributed by atoms with Crippen LogP contribution in [0.2, 0.25) is 0 Å². The lowest BCUT2D eigenvalue weighted by Gasteiger charge is -2.62. The van der Waals surface area contributed by atoms with E-state index in [2.05, 4.69) is 33.0 Å². The second-order valence-corrected chi connectivity index (χ2v) is 7.77. The molecule has 0 aromatic heterocycles. The Balaban J connectivity index is 1.99. The molecule has 0 saturated heterocycles. The molecule has 2 heteroatoms. The number of carbonyl (C=O) groups excluding carboxylic acids is 1. The normalized spacial score (nSPS) is 37.9. The van der Waals surface area contributed by atoms with E-state index in [1.165, 1.54) is 12.8 Å². The van der Waals surface area contributed by atoms with E-state index in [0.717, 1.165) is 18.3 Å². The Labute approximate surface area is 112 Å². The molecule has 1 amide bonds. The first-order chi connectivity index (χ1) is 8.20. The zero-order chi connectivity index (χ0) is 13.7. The lowest BCUT2D eigenvalue weighted by atomic mass is 9.44. The molecule has 0 heterocycles.